The molecule has 0 fully saturated rings. The van der Waals surface area contributed by atoms with Gasteiger partial charge >= 0.3 is 5.63 Å². The lowest BCUT2D eigenvalue weighted by atomic mass is 10.1. The van der Waals surface area contributed by atoms with Crippen LogP contribution in [0, 0.1) is 0 Å². The standard InChI is InChI=1S/C22H26O3/c1-15(2)6-4-7-16(3)12-13-24-17-10-11-19-18-8-5-9-20(18)22(23)25-21(19)14-17/h6,10-12,14H,4-5,7-9,13H2,1-3H3/b16-12+. The zero-order valence-corrected chi connectivity index (χ0v) is 15.4. The second-order valence-corrected chi connectivity index (χ2v) is 7.04. The van der Waals surface area contributed by atoms with Gasteiger partial charge in [-0.2, -0.15) is 0 Å². The van der Waals surface area contributed by atoms with Crippen LogP contribution in [0.5, 0.6) is 5.75 Å². The third-order valence-corrected chi connectivity index (χ3v) is 4.72. The Balaban J connectivity index is 1.68. The fourth-order valence-corrected chi connectivity index (χ4v) is 3.32. The fourth-order valence-electron chi connectivity index (χ4n) is 3.32. The summed E-state index contributed by atoms with van der Waals surface area (Å²) >= 11 is 0. The molecular weight excluding hydrogens is 312 g/mol. The Labute approximate surface area is 149 Å². The predicted octanol–water partition coefficient (Wildman–Crippen LogP) is 5.35. The first-order valence-electron chi connectivity index (χ1n) is 9.05. The van der Waals surface area contributed by atoms with E-state index < -0.39 is 0 Å². The van der Waals surface area contributed by atoms with Gasteiger partial charge in [0.05, 0.1) is 0 Å². The van der Waals surface area contributed by atoms with Gasteiger partial charge < -0.3 is 9.15 Å². The molecule has 0 saturated heterocycles. The summed E-state index contributed by atoms with van der Waals surface area (Å²) < 4.78 is 11.3. The molecule has 1 aromatic carbocycles. The molecule has 0 atom stereocenters. The SMILES string of the molecule is CC(C)=CCC/C(C)=C/COc1ccc2c3c(c(=O)oc2c1)CCC3. The lowest BCUT2D eigenvalue weighted by Gasteiger charge is -2.08. The first kappa shape index (κ1) is 17.5. The Morgan fingerprint density at radius 3 is 2.76 bits per heavy atom. The van der Waals surface area contributed by atoms with Crippen molar-refractivity contribution in [3.05, 3.63) is 63.0 Å². The van der Waals surface area contributed by atoms with Crippen LogP contribution in [-0.2, 0) is 12.8 Å². The molecule has 0 unspecified atom stereocenters. The van der Waals surface area contributed by atoms with E-state index in [2.05, 4.69) is 32.9 Å². The molecule has 0 saturated carbocycles. The number of rotatable bonds is 6. The van der Waals surface area contributed by atoms with Crippen molar-refractivity contribution in [1.29, 1.82) is 0 Å². The van der Waals surface area contributed by atoms with Crippen molar-refractivity contribution in [2.24, 2.45) is 0 Å². The highest BCUT2D eigenvalue weighted by Crippen LogP contribution is 2.29. The van der Waals surface area contributed by atoms with Crippen LogP contribution in [0.1, 0.15) is 51.2 Å². The van der Waals surface area contributed by atoms with E-state index >= 15 is 0 Å². The smallest absolute Gasteiger partial charge is 0.339 e. The maximum atomic E-state index is 12.1. The normalized spacial score (nSPS) is 13.8. The molecule has 0 N–H and O–H groups in total. The van der Waals surface area contributed by atoms with Crippen LogP contribution in [0.15, 0.2) is 50.7 Å². The van der Waals surface area contributed by atoms with Gasteiger partial charge in [-0.15, -0.1) is 0 Å². The molecule has 0 aliphatic heterocycles. The molecule has 3 rings (SSSR count). The summed E-state index contributed by atoms with van der Waals surface area (Å²) in [5.74, 6) is 0.738. The molecule has 0 spiro atoms. The number of hydrogen-bond acceptors (Lipinski definition) is 3. The van der Waals surface area contributed by atoms with E-state index in [1.807, 2.05) is 18.2 Å². The third-order valence-electron chi connectivity index (χ3n) is 4.72. The third kappa shape index (κ3) is 4.22. The van der Waals surface area contributed by atoms with Gasteiger partial charge in [0.15, 0.2) is 0 Å². The van der Waals surface area contributed by atoms with Gasteiger partial charge in [-0.3, -0.25) is 0 Å². The second-order valence-electron chi connectivity index (χ2n) is 7.04. The van der Waals surface area contributed by atoms with Crippen molar-refractivity contribution < 1.29 is 9.15 Å². The van der Waals surface area contributed by atoms with Crippen LogP contribution < -0.4 is 10.4 Å². The van der Waals surface area contributed by atoms with Crippen LogP contribution in [0.3, 0.4) is 0 Å². The molecule has 2 aromatic rings. The molecule has 3 heteroatoms. The summed E-state index contributed by atoms with van der Waals surface area (Å²) in [6, 6.07) is 5.82. The molecule has 0 bridgehead atoms. The van der Waals surface area contributed by atoms with Gasteiger partial charge in [-0.05, 0) is 76.6 Å². The van der Waals surface area contributed by atoms with Crippen molar-refractivity contribution in [2.75, 3.05) is 6.61 Å². The Kier molecular flexibility index (Phi) is 5.42. The number of aryl methyl sites for hydroxylation is 1. The second kappa shape index (κ2) is 7.73. The average molecular weight is 338 g/mol. The van der Waals surface area contributed by atoms with Gasteiger partial charge in [-0.1, -0.05) is 17.2 Å². The van der Waals surface area contributed by atoms with Crippen LogP contribution >= 0.6 is 0 Å². The molecule has 0 amide bonds. The van der Waals surface area contributed by atoms with Crippen molar-refractivity contribution >= 4 is 11.0 Å². The van der Waals surface area contributed by atoms with Crippen molar-refractivity contribution in [3.63, 3.8) is 0 Å². The topological polar surface area (TPSA) is 39.4 Å². The van der Waals surface area contributed by atoms with Crippen molar-refractivity contribution in [1.82, 2.24) is 0 Å². The van der Waals surface area contributed by atoms with E-state index in [4.69, 9.17) is 9.15 Å². The minimum Gasteiger partial charge on any atom is -0.489 e. The molecule has 3 nitrogen and oxygen atoms in total. The molecule has 0 radical (unpaired) electrons. The molecular formula is C22H26O3. The predicted molar refractivity (Wildman–Crippen MR) is 102 cm³/mol. The van der Waals surface area contributed by atoms with E-state index in [9.17, 15) is 4.79 Å². The highest BCUT2D eigenvalue weighted by Gasteiger charge is 2.19. The molecule has 1 aromatic heterocycles. The maximum Gasteiger partial charge on any atom is 0.339 e. The average Bonchev–Trinajstić information content (AvgIpc) is 3.05. The number of fused-ring (bicyclic) bond motifs is 3. The van der Waals surface area contributed by atoms with Gasteiger partial charge in [-0.25, -0.2) is 4.79 Å². The van der Waals surface area contributed by atoms with E-state index in [0.29, 0.717) is 12.2 Å². The van der Waals surface area contributed by atoms with Crippen LogP contribution in [0.25, 0.3) is 11.0 Å². The Hall–Kier alpha value is -2.29. The quantitative estimate of drug-likeness (QED) is 0.526. The highest BCUT2D eigenvalue weighted by molar-refractivity contribution is 5.83. The zero-order valence-electron chi connectivity index (χ0n) is 15.4. The molecule has 132 valence electrons. The first-order chi connectivity index (χ1) is 12.0. The minimum absolute atomic E-state index is 0.188. The first-order valence-corrected chi connectivity index (χ1v) is 9.05. The summed E-state index contributed by atoms with van der Waals surface area (Å²) in [4.78, 5) is 12.1. The van der Waals surface area contributed by atoms with E-state index in [1.165, 1.54) is 11.1 Å². The number of benzene rings is 1. The summed E-state index contributed by atoms with van der Waals surface area (Å²) in [5.41, 5.74) is 5.14. The van der Waals surface area contributed by atoms with Crippen molar-refractivity contribution in [2.45, 2.75) is 52.9 Å². The zero-order chi connectivity index (χ0) is 17.8. The summed E-state index contributed by atoms with van der Waals surface area (Å²) in [6.07, 6.45) is 9.32. The highest BCUT2D eigenvalue weighted by atomic mass is 16.5. The van der Waals surface area contributed by atoms with Crippen LogP contribution in [0.2, 0.25) is 0 Å². The number of hydrogen-bond donors (Lipinski definition) is 0. The van der Waals surface area contributed by atoms with E-state index in [0.717, 1.165) is 54.4 Å². The largest absolute Gasteiger partial charge is 0.489 e. The van der Waals surface area contributed by atoms with Crippen molar-refractivity contribution in [3.8, 4) is 5.75 Å². The Bertz CT molecular complexity index is 880. The molecule has 1 heterocycles. The Morgan fingerprint density at radius 1 is 1.16 bits per heavy atom. The number of ether oxygens (including phenoxy) is 1. The lowest BCUT2D eigenvalue weighted by Crippen LogP contribution is -2.06. The maximum absolute atomic E-state index is 12.1. The summed E-state index contributed by atoms with van der Waals surface area (Å²) in [5, 5.41) is 1.05. The molecule has 1 aliphatic carbocycles. The molecule has 1 aliphatic rings. The van der Waals surface area contributed by atoms with Crippen LogP contribution in [-0.4, -0.2) is 6.61 Å². The van der Waals surface area contributed by atoms with Crippen LogP contribution in [0.4, 0.5) is 0 Å². The summed E-state index contributed by atoms with van der Waals surface area (Å²) in [6.45, 7) is 6.90. The van der Waals surface area contributed by atoms with Gasteiger partial charge in [0.1, 0.15) is 17.9 Å². The lowest BCUT2D eigenvalue weighted by molar-refractivity contribution is 0.361. The Morgan fingerprint density at radius 2 is 1.96 bits per heavy atom. The summed E-state index contributed by atoms with van der Waals surface area (Å²) in [7, 11) is 0. The minimum atomic E-state index is -0.188. The van der Waals surface area contributed by atoms with Gasteiger partial charge in [0, 0.05) is 17.0 Å². The number of allylic oxidation sites excluding steroid dienone is 3. The van der Waals surface area contributed by atoms with Gasteiger partial charge in [0.2, 0.25) is 0 Å². The molecule has 25 heavy (non-hydrogen) atoms. The van der Waals surface area contributed by atoms with Gasteiger partial charge in [0.25, 0.3) is 0 Å². The monoisotopic (exact) mass is 338 g/mol. The fraction of sp³-hybridized carbons (Fsp3) is 0.409. The van der Waals surface area contributed by atoms with E-state index in [1.54, 1.807) is 0 Å². The van der Waals surface area contributed by atoms with E-state index in [-0.39, 0.29) is 5.63 Å².